The van der Waals surface area contributed by atoms with E-state index in [2.05, 4.69) is 15.6 Å². The lowest BCUT2D eigenvalue weighted by Gasteiger charge is -2.14. The molecule has 1 heterocycles. The Balaban J connectivity index is 1.54. The van der Waals surface area contributed by atoms with Crippen LogP contribution in [0.25, 0.3) is 10.9 Å². The van der Waals surface area contributed by atoms with E-state index in [1.54, 1.807) is 6.92 Å². The summed E-state index contributed by atoms with van der Waals surface area (Å²) in [6, 6.07) is 17.6. The molecule has 0 aliphatic heterocycles. The number of aryl methyl sites for hydroxylation is 2. The molecule has 2 amide bonds. The van der Waals surface area contributed by atoms with Crippen LogP contribution in [0.5, 0.6) is 0 Å². The summed E-state index contributed by atoms with van der Waals surface area (Å²) in [7, 11) is 0. The predicted molar refractivity (Wildman–Crippen MR) is 115 cm³/mol. The van der Waals surface area contributed by atoms with Gasteiger partial charge in [0.25, 0.3) is 0 Å². The number of fused-ring (bicyclic) bond motifs is 1. The quantitative estimate of drug-likeness (QED) is 0.619. The molecule has 1 aromatic heterocycles. The van der Waals surface area contributed by atoms with Gasteiger partial charge < -0.3 is 10.6 Å². The van der Waals surface area contributed by atoms with Crippen molar-refractivity contribution >= 4 is 40.2 Å². The molecule has 0 saturated heterocycles. The first-order valence-electron chi connectivity index (χ1n) is 9.10. The van der Waals surface area contributed by atoms with Gasteiger partial charge in [0.1, 0.15) is 0 Å². The van der Waals surface area contributed by atoms with Gasteiger partial charge in [-0.1, -0.05) is 54.2 Å². The van der Waals surface area contributed by atoms with Gasteiger partial charge in [-0.2, -0.15) is 0 Å². The standard InChI is InChI=1S/C22H23N3O2S/c1-14-7-6-8-15(2)21(14)25-19(26)13-23-22(27)16(3)28-20-12-11-17-9-4-5-10-18(17)24-20/h4-12,16H,13H2,1-3H3,(H,23,27)(H,25,26)/t16-/m0/s1. The second kappa shape index (κ2) is 8.89. The molecule has 0 radical (unpaired) electrons. The number of para-hydroxylation sites is 2. The minimum absolute atomic E-state index is 0.0668. The first-order chi connectivity index (χ1) is 13.4. The third kappa shape index (κ3) is 4.89. The Bertz CT molecular complexity index is 999. The number of anilines is 1. The monoisotopic (exact) mass is 393 g/mol. The zero-order valence-corrected chi connectivity index (χ0v) is 17.0. The fourth-order valence-electron chi connectivity index (χ4n) is 2.85. The number of hydrogen-bond donors (Lipinski definition) is 2. The van der Waals surface area contributed by atoms with Crippen molar-refractivity contribution in [1.29, 1.82) is 0 Å². The number of thioether (sulfide) groups is 1. The van der Waals surface area contributed by atoms with Gasteiger partial charge in [0.2, 0.25) is 11.8 Å². The molecule has 1 atom stereocenters. The van der Waals surface area contributed by atoms with Gasteiger partial charge in [0.15, 0.2) is 0 Å². The highest BCUT2D eigenvalue weighted by atomic mass is 32.2. The molecule has 0 saturated carbocycles. The minimum Gasteiger partial charge on any atom is -0.346 e. The summed E-state index contributed by atoms with van der Waals surface area (Å²) in [5.74, 6) is -0.441. The van der Waals surface area contributed by atoms with E-state index in [0.717, 1.165) is 32.7 Å². The molecule has 0 aliphatic carbocycles. The molecule has 0 fully saturated rings. The van der Waals surface area contributed by atoms with Crippen LogP contribution in [0.15, 0.2) is 59.6 Å². The maximum absolute atomic E-state index is 12.4. The molecule has 0 aliphatic rings. The first-order valence-corrected chi connectivity index (χ1v) is 9.98. The predicted octanol–water partition coefficient (Wildman–Crippen LogP) is 4.09. The number of amides is 2. The number of benzene rings is 2. The first kappa shape index (κ1) is 19.9. The van der Waals surface area contributed by atoms with E-state index in [-0.39, 0.29) is 23.6 Å². The summed E-state index contributed by atoms with van der Waals surface area (Å²) in [6.07, 6.45) is 0. The third-order valence-corrected chi connectivity index (χ3v) is 5.44. The normalized spacial score (nSPS) is 11.8. The number of nitrogens with one attached hydrogen (secondary N) is 2. The van der Waals surface area contributed by atoms with E-state index in [1.165, 1.54) is 11.8 Å². The Kier molecular flexibility index (Phi) is 6.31. The topological polar surface area (TPSA) is 71.1 Å². The van der Waals surface area contributed by atoms with Crippen LogP contribution < -0.4 is 10.6 Å². The highest BCUT2D eigenvalue weighted by Crippen LogP contribution is 2.24. The van der Waals surface area contributed by atoms with Crippen LogP contribution in [0.2, 0.25) is 0 Å². The minimum atomic E-state index is -0.360. The molecule has 2 N–H and O–H groups in total. The Morgan fingerprint density at radius 1 is 1.00 bits per heavy atom. The van der Waals surface area contributed by atoms with Gasteiger partial charge in [-0.15, -0.1) is 0 Å². The van der Waals surface area contributed by atoms with Crippen LogP contribution in [0.4, 0.5) is 5.69 Å². The van der Waals surface area contributed by atoms with E-state index in [1.807, 2.05) is 68.4 Å². The largest absolute Gasteiger partial charge is 0.346 e. The Hall–Kier alpha value is -2.86. The number of nitrogens with zero attached hydrogens (tertiary/aromatic N) is 1. The number of hydrogen-bond acceptors (Lipinski definition) is 4. The zero-order valence-electron chi connectivity index (χ0n) is 16.2. The molecular formula is C22H23N3O2S. The van der Waals surface area contributed by atoms with Crippen LogP contribution >= 0.6 is 11.8 Å². The Morgan fingerprint density at radius 3 is 2.46 bits per heavy atom. The van der Waals surface area contributed by atoms with Crippen LogP contribution in [0.1, 0.15) is 18.1 Å². The number of rotatable bonds is 6. The lowest BCUT2D eigenvalue weighted by Crippen LogP contribution is -2.37. The summed E-state index contributed by atoms with van der Waals surface area (Å²) in [6.45, 7) is 5.62. The number of pyridine rings is 1. The highest BCUT2D eigenvalue weighted by Gasteiger charge is 2.16. The average Bonchev–Trinajstić information content (AvgIpc) is 2.69. The summed E-state index contributed by atoms with van der Waals surface area (Å²) in [5, 5.41) is 7.05. The molecule has 0 unspecified atom stereocenters. The van der Waals surface area contributed by atoms with Gasteiger partial charge >= 0.3 is 0 Å². The molecule has 2 aromatic carbocycles. The smallest absolute Gasteiger partial charge is 0.243 e. The Morgan fingerprint density at radius 2 is 1.71 bits per heavy atom. The average molecular weight is 394 g/mol. The highest BCUT2D eigenvalue weighted by molar-refractivity contribution is 8.00. The summed E-state index contributed by atoms with van der Waals surface area (Å²) in [5.41, 5.74) is 3.68. The molecule has 5 nitrogen and oxygen atoms in total. The van der Waals surface area contributed by atoms with Crippen molar-refractivity contribution in [2.45, 2.75) is 31.0 Å². The summed E-state index contributed by atoms with van der Waals surface area (Å²) in [4.78, 5) is 29.1. The fourth-order valence-corrected chi connectivity index (χ4v) is 3.70. The second-order valence-electron chi connectivity index (χ2n) is 6.64. The van der Waals surface area contributed by atoms with Crippen molar-refractivity contribution < 1.29 is 9.59 Å². The van der Waals surface area contributed by atoms with E-state index < -0.39 is 0 Å². The van der Waals surface area contributed by atoms with Crippen LogP contribution in [0, 0.1) is 13.8 Å². The molecule has 0 spiro atoms. The SMILES string of the molecule is Cc1cccc(C)c1NC(=O)CNC(=O)[C@H](C)Sc1ccc2ccccc2n1. The summed E-state index contributed by atoms with van der Waals surface area (Å²) < 4.78 is 0. The molecule has 6 heteroatoms. The lowest BCUT2D eigenvalue weighted by molar-refractivity contribution is -0.123. The van der Waals surface area contributed by atoms with Crippen molar-refractivity contribution in [3.05, 3.63) is 65.7 Å². The van der Waals surface area contributed by atoms with Crippen molar-refractivity contribution in [2.24, 2.45) is 0 Å². The van der Waals surface area contributed by atoms with E-state index in [4.69, 9.17) is 0 Å². The van der Waals surface area contributed by atoms with Crippen LogP contribution in [-0.4, -0.2) is 28.6 Å². The number of carbonyl (C=O) groups is 2. The van der Waals surface area contributed by atoms with Gasteiger partial charge in [-0.3, -0.25) is 9.59 Å². The van der Waals surface area contributed by atoms with Gasteiger partial charge in [-0.25, -0.2) is 4.98 Å². The van der Waals surface area contributed by atoms with E-state index >= 15 is 0 Å². The molecular weight excluding hydrogens is 370 g/mol. The number of carbonyl (C=O) groups excluding carboxylic acids is 2. The second-order valence-corrected chi connectivity index (χ2v) is 8.00. The van der Waals surface area contributed by atoms with Gasteiger partial charge in [0, 0.05) is 11.1 Å². The maximum atomic E-state index is 12.4. The summed E-state index contributed by atoms with van der Waals surface area (Å²) >= 11 is 1.37. The Labute approximate surface area is 168 Å². The van der Waals surface area contributed by atoms with Crippen molar-refractivity contribution in [2.75, 3.05) is 11.9 Å². The van der Waals surface area contributed by atoms with Gasteiger partial charge in [0.05, 0.1) is 22.3 Å². The zero-order chi connectivity index (χ0) is 20.1. The third-order valence-electron chi connectivity index (χ3n) is 4.41. The van der Waals surface area contributed by atoms with Crippen LogP contribution in [0.3, 0.4) is 0 Å². The van der Waals surface area contributed by atoms with Crippen molar-refractivity contribution in [3.8, 4) is 0 Å². The maximum Gasteiger partial charge on any atom is 0.243 e. The molecule has 144 valence electrons. The van der Waals surface area contributed by atoms with Gasteiger partial charge in [-0.05, 0) is 44.0 Å². The van der Waals surface area contributed by atoms with E-state index in [9.17, 15) is 9.59 Å². The van der Waals surface area contributed by atoms with Crippen molar-refractivity contribution in [1.82, 2.24) is 10.3 Å². The van der Waals surface area contributed by atoms with Crippen molar-refractivity contribution in [3.63, 3.8) is 0 Å². The molecule has 3 aromatic rings. The number of aromatic nitrogens is 1. The molecule has 3 rings (SSSR count). The van der Waals surface area contributed by atoms with E-state index in [0.29, 0.717) is 0 Å². The van der Waals surface area contributed by atoms with Crippen LogP contribution in [-0.2, 0) is 9.59 Å². The lowest BCUT2D eigenvalue weighted by atomic mass is 10.1. The molecule has 0 bridgehead atoms. The fraction of sp³-hybridized carbons (Fsp3) is 0.227. The molecule has 28 heavy (non-hydrogen) atoms.